The lowest BCUT2D eigenvalue weighted by Gasteiger charge is -2.05. The predicted octanol–water partition coefficient (Wildman–Crippen LogP) is 2.11. The molecule has 84 valence electrons. The first-order valence-corrected chi connectivity index (χ1v) is 5.87. The van der Waals surface area contributed by atoms with Crippen LogP contribution in [0, 0.1) is 0 Å². The lowest BCUT2D eigenvalue weighted by atomic mass is 10.1. The Morgan fingerprint density at radius 3 is 2.82 bits per heavy atom. The highest BCUT2D eigenvalue weighted by Crippen LogP contribution is 2.45. The van der Waals surface area contributed by atoms with Gasteiger partial charge in [-0.2, -0.15) is 0 Å². The van der Waals surface area contributed by atoms with E-state index in [0.29, 0.717) is 28.2 Å². The SMILES string of the molecule is Nc1scc2c1C(=O)c1c(NC=O)cccc1-2. The molecular weight excluding hydrogens is 236 g/mol. The van der Waals surface area contributed by atoms with Crippen LogP contribution >= 0.6 is 11.3 Å². The molecule has 0 fully saturated rings. The minimum Gasteiger partial charge on any atom is -0.390 e. The van der Waals surface area contributed by atoms with Gasteiger partial charge in [-0.1, -0.05) is 12.1 Å². The van der Waals surface area contributed by atoms with Crippen LogP contribution in [0.4, 0.5) is 10.7 Å². The molecule has 3 rings (SSSR count). The van der Waals surface area contributed by atoms with Crippen molar-refractivity contribution in [3.63, 3.8) is 0 Å². The molecule has 1 aromatic heterocycles. The van der Waals surface area contributed by atoms with E-state index in [1.807, 2.05) is 11.4 Å². The molecule has 1 aliphatic carbocycles. The van der Waals surface area contributed by atoms with Crippen molar-refractivity contribution in [2.45, 2.75) is 0 Å². The number of nitrogens with one attached hydrogen (secondary N) is 1. The molecule has 0 atom stereocenters. The molecule has 1 amide bonds. The number of amides is 1. The van der Waals surface area contributed by atoms with Gasteiger partial charge in [0.2, 0.25) is 6.41 Å². The first-order chi connectivity index (χ1) is 8.24. The molecule has 3 N–H and O–H groups in total. The van der Waals surface area contributed by atoms with Crippen LogP contribution in [0.5, 0.6) is 0 Å². The van der Waals surface area contributed by atoms with E-state index in [9.17, 15) is 9.59 Å². The van der Waals surface area contributed by atoms with Crippen LogP contribution in [0.25, 0.3) is 11.1 Å². The van der Waals surface area contributed by atoms with E-state index < -0.39 is 0 Å². The zero-order chi connectivity index (χ0) is 12.0. The number of anilines is 2. The summed E-state index contributed by atoms with van der Waals surface area (Å²) in [5.74, 6) is -0.112. The van der Waals surface area contributed by atoms with Crippen molar-refractivity contribution in [2.75, 3.05) is 11.1 Å². The highest BCUT2D eigenvalue weighted by Gasteiger charge is 2.32. The molecular formula is C12H8N2O2S. The average Bonchev–Trinajstić information content (AvgIpc) is 2.82. The molecule has 1 aliphatic rings. The van der Waals surface area contributed by atoms with Crippen molar-refractivity contribution in [2.24, 2.45) is 0 Å². The minimum absolute atomic E-state index is 0.112. The van der Waals surface area contributed by atoms with Gasteiger partial charge in [0.25, 0.3) is 0 Å². The molecule has 1 heterocycles. The van der Waals surface area contributed by atoms with Crippen LogP contribution in [0.15, 0.2) is 23.6 Å². The summed E-state index contributed by atoms with van der Waals surface area (Å²) in [6, 6.07) is 5.37. The van der Waals surface area contributed by atoms with Crippen molar-refractivity contribution >= 4 is 34.2 Å². The third kappa shape index (κ3) is 1.23. The van der Waals surface area contributed by atoms with Gasteiger partial charge in [-0.05, 0) is 11.6 Å². The Bertz CT molecular complexity index is 646. The molecule has 0 radical (unpaired) electrons. The van der Waals surface area contributed by atoms with Crippen molar-refractivity contribution in [3.8, 4) is 11.1 Å². The average molecular weight is 244 g/mol. The van der Waals surface area contributed by atoms with Gasteiger partial charge in [0.15, 0.2) is 5.78 Å². The summed E-state index contributed by atoms with van der Waals surface area (Å²) < 4.78 is 0. The molecule has 0 saturated carbocycles. The summed E-state index contributed by atoms with van der Waals surface area (Å²) in [6.45, 7) is 0. The summed E-state index contributed by atoms with van der Waals surface area (Å²) >= 11 is 1.36. The Hall–Kier alpha value is -2.14. The van der Waals surface area contributed by atoms with Crippen LogP contribution < -0.4 is 11.1 Å². The van der Waals surface area contributed by atoms with E-state index >= 15 is 0 Å². The van der Waals surface area contributed by atoms with Crippen LogP contribution in [0.1, 0.15) is 15.9 Å². The Labute approximate surface area is 101 Å². The number of carbonyl (C=O) groups is 2. The first-order valence-electron chi connectivity index (χ1n) is 4.99. The van der Waals surface area contributed by atoms with Gasteiger partial charge < -0.3 is 11.1 Å². The molecule has 0 spiro atoms. The second-order valence-electron chi connectivity index (χ2n) is 3.71. The minimum atomic E-state index is -0.112. The quantitative estimate of drug-likeness (QED) is 0.678. The van der Waals surface area contributed by atoms with E-state index in [1.165, 1.54) is 11.3 Å². The van der Waals surface area contributed by atoms with Gasteiger partial charge in [-0.15, -0.1) is 11.3 Å². The summed E-state index contributed by atoms with van der Waals surface area (Å²) in [5.41, 5.74) is 9.12. The number of nitrogen functional groups attached to an aromatic ring is 1. The van der Waals surface area contributed by atoms with Gasteiger partial charge in [0.05, 0.1) is 21.8 Å². The molecule has 2 aromatic rings. The summed E-state index contributed by atoms with van der Waals surface area (Å²) in [7, 11) is 0. The van der Waals surface area contributed by atoms with Crippen LogP contribution in [0.2, 0.25) is 0 Å². The molecule has 0 unspecified atom stereocenters. The Morgan fingerprint density at radius 2 is 2.06 bits per heavy atom. The second kappa shape index (κ2) is 3.43. The summed E-state index contributed by atoms with van der Waals surface area (Å²) in [4.78, 5) is 22.8. The number of nitrogens with two attached hydrogens (primary N) is 1. The highest BCUT2D eigenvalue weighted by atomic mass is 32.1. The normalized spacial score (nSPS) is 12.1. The number of thiophene rings is 1. The number of carbonyl (C=O) groups excluding carboxylic acids is 2. The van der Waals surface area contributed by atoms with E-state index in [4.69, 9.17) is 5.73 Å². The summed E-state index contributed by atoms with van der Waals surface area (Å²) in [5, 5.41) is 4.94. The smallest absolute Gasteiger partial charge is 0.211 e. The topological polar surface area (TPSA) is 72.2 Å². The fraction of sp³-hybridized carbons (Fsp3) is 0. The Balaban J connectivity index is 2.30. The van der Waals surface area contributed by atoms with Crippen LogP contribution in [-0.2, 0) is 4.79 Å². The molecule has 0 saturated heterocycles. The molecule has 17 heavy (non-hydrogen) atoms. The molecule has 5 heteroatoms. The molecule has 0 aliphatic heterocycles. The number of fused-ring (bicyclic) bond motifs is 3. The number of hydrogen-bond donors (Lipinski definition) is 2. The maximum atomic E-state index is 12.2. The monoisotopic (exact) mass is 244 g/mol. The number of ketones is 1. The first kappa shape index (κ1) is 10.0. The van der Waals surface area contributed by atoms with Gasteiger partial charge in [0, 0.05) is 10.9 Å². The zero-order valence-corrected chi connectivity index (χ0v) is 9.51. The maximum Gasteiger partial charge on any atom is 0.211 e. The zero-order valence-electron chi connectivity index (χ0n) is 8.69. The van der Waals surface area contributed by atoms with Gasteiger partial charge >= 0.3 is 0 Å². The van der Waals surface area contributed by atoms with Crippen molar-refractivity contribution in [1.29, 1.82) is 0 Å². The van der Waals surface area contributed by atoms with Crippen LogP contribution in [0.3, 0.4) is 0 Å². The van der Waals surface area contributed by atoms with Crippen molar-refractivity contribution in [3.05, 3.63) is 34.7 Å². The third-order valence-electron chi connectivity index (χ3n) is 2.84. The molecule has 1 aromatic carbocycles. The second-order valence-corrected chi connectivity index (χ2v) is 4.62. The van der Waals surface area contributed by atoms with E-state index in [-0.39, 0.29) is 5.78 Å². The molecule has 4 nitrogen and oxygen atoms in total. The fourth-order valence-corrected chi connectivity index (χ4v) is 2.95. The van der Waals surface area contributed by atoms with E-state index in [0.717, 1.165) is 11.1 Å². The van der Waals surface area contributed by atoms with Crippen molar-refractivity contribution < 1.29 is 9.59 Å². The Morgan fingerprint density at radius 1 is 1.24 bits per heavy atom. The van der Waals surface area contributed by atoms with Crippen molar-refractivity contribution in [1.82, 2.24) is 0 Å². The summed E-state index contributed by atoms with van der Waals surface area (Å²) in [6.07, 6.45) is 0.567. The third-order valence-corrected chi connectivity index (χ3v) is 3.65. The fourth-order valence-electron chi connectivity index (χ4n) is 2.14. The van der Waals surface area contributed by atoms with Crippen LogP contribution in [-0.4, -0.2) is 12.2 Å². The maximum absolute atomic E-state index is 12.2. The van der Waals surface area contributed by atoms with Gasteiger partial charge in [-0.3, -0.25) is 9.59 Å². The van der Waals surface area contributed by atoms with Gasteiger partial charge in [-0.25, -0.2) is 0 Å². The lowest BCUT2D eigenvalue weighted by Crippen LogP contribution is -2.04. The molecule has 0 bridgehead atoms. The largest absolute Gasteiger partial charge is 0.390 e. The highest BCUT2D eigenvalue weighted by molar-refractivity contribution is 7.15. The number of rotatable bonds is 2. The lowest BCUT2D eigenvalue weighted by molar-refractivity contribution is -0.105. The number of benzene rings is 1. The van der Waals surface area contributed by atoms with E-state index in [1.54, 1.807) is 12.1 Å². The van der Waals surface area contributed by atoms with E-state index in [2.05, 4.69) is 5.32 Å². The Kier molecular flexibility index (Phi) is 2.02. The number of hydrogen-bond acceptors (Lipinski definition) is 4. The van der Waals surface area contributed by atoms with Gasteiger partial charge in [0.1, 0.15) is 0 Å². The predicted molar refractivity (Wildman–Crippen MR) is 67.3 cm³/mol. The standard InChI is InChI=1S/C12H8N2O2S/c13-12-10-7(4-17-12)6-2-1-3-8(14-5-15)9(6)11(10)16/h1-5H,13H2,(H,14,15).